The first-order chi connectivity index (χ1) is 12.3. The second-order valence-corrected chi connectivity index (χ2v) is 8.14. The summed E-state index contributed by atoms with van der Waals surface area (Å²) in [7, 11) is 3.00. The van der Waals surface area contributed by atoms with Crippen LogP contribution in [-0.2, 0) is 18.9 Å². The van der Waals surface area contributed by atoms with Gasteiger partial charge in [-0.3, -0.25) is 18.7 Å². The minimum atomic E-state index is -0.427. The van der Waals surface area contributed by atoms with E-state index in [0.717, 1.165) is 17.4 Å². The number of hydrogen-bond donors (Lipinski definition) is 2. The minimum Gasteiger partial charge on any atom is -0.352 e. The fourth-order valence-electron chi connectivity index (χ4n) is 3.54. The average Bonchev–Trinajstić information content (AvgIpc) is 3.05. The highest BCUT2D eigenvalue weighted by Gasteiger charge is 2.28. The van der Waals surface area contributed by atoms with Crippen molar-refractivity contribution in [3.05, 3.63) is 20.8 Å². The van der Waals surface area contributed by atoms with Crippen LogP contribution in [0.2, 0.25) is 0 Å². The van der Waals surface area contributed by atoms with E-state index in [-0.39, 0.29) is 23.2 Å². The molecular weight excluding hydrogens is 354 g/mol. The molecule has 26 heavy (non-hydrogen) atoms. The zero-order chi connectivity index (χ0) is 19.0. The second-order valence-electron chi connectivity index (χ2n) is 7.18. The van der Waals surface area contributed by atoms with Gasteiger partial charge in [-0.25, -0.2) is 9.78 Å². The molecule has 2 aromatic heterocycles. The number of hydrogen-bond acceptors (Lipinski definition) is 5. The largest absolute Gasteiger partial charge is 0.352 e. The van der Waals surface area contributed by atoms with Crippen LogP contribution in [0, 0.1) is 11.8 Å². The highest BCUT2D eigenvalue weighted by Crippen LogP contribution is 2.29. The Balaban J connectivity index is 1.69. The van der Waals surface area contributed by atoms with Gasteiger partial charge in [-0.1, -0.05) is 38.5 Å². The van der Waals surface area contributed by atoms with Crippen LogP contribution in [0.1, 0.15) is 33.1 Å². The van der Waals surface area contributed by atoms with Gasteiger partial charge in [0.25, 0.3) is 5.56 Å². The number of aromatic nitrogens is 4. The van der Waals surface area contributed by atoms with E-state index in [4.69, 9.17) is 0 Å². The SMILES string of the molecule is CC1CCCC(NC(=O)CSc2nc3c([nH]2)c(=O)n(C)c(=O)n3C)C1C. The molecular formula is C17H25N5O3S. The lowest BCUT2D eigenvalue weighted by Crippen LogP contribution is -2.44. The van der Waals surface area contributed by atoms with Crippen molar-refractivity contribution in [2.24, 2.45) is 25.9 Å². The first-order valence-electron chi connectivity index (χ1n) is 8.87. The molecule has 0 radical (unpaired) electrons. The van der Waals surface area contributed by atoms with Gasteiger partial charge in [0.2, 0.25) is 5.91 Å². The number of thioether (sulfide) groups is 1. The van der Waals surface area contributed by atoms with Crippen molar-refractivity contribution in [2.75, 3.05) is 5.75 Å². The van der Waals surface area contributed by atoms with Gasteiger partial charge in [-0.15, -0.1) is 0 Å². The fraction of sp³-hybridized carbons (Fsp3) is 0.647. The number of carbonyl (C=O) groups is 1. The molecule has 2 heterocycles. The minimum absolute atomic E-state index is 0.0387. The molecule has 1 saturated carbocycles. The highest BCUT2D eigenvalue weighted by molar-refractivity contribution is 7.99. The molecule has 2 N–H and O–H groups in total. The Kier molecular flexibility index (Phi) is 5.27. The first kappa shape index (κ1) is 18.8. The zero-order valence-corrected chi connectivity index (χ0v) is 16.4. The predicted molar refractivity (Wildman–Crippen MR) is 101 cm³/mol. The smallest absolute Gasteiger partial charge is 0.332 e. The van der Waals surface area contributed by atoms with Crippen LogP contribution < -0.4 is 16.6 Å². The molecule has 3 atom stereocenters. The Hall–Kier alpha value is -2.03. The number of amides is 1. The maximum atomic E-state index is 12.3. The van der Waals surface area contributed by atoms with Crippen LogP contribution in [0.4, 0.5) is 0 Å². The summed E-state index contributed by atoms with van der Waals surface area (Å²) in [4.78, 5) is 43.7. The number of fused-ring (bicyclic) bond motifs is 1. The topological polar surface area (TPSA) is 102 Å². The molecule has 1 amide bonds. The van der Waals surface area contributed by atoms with Gasteiger partial charge in [0.15, 0.2) is 16.3 Å². The maximum absolute atomic E-state index is 12.3. The molecule has 1 aliphatic carbocycles. The van der Waals surface area contributed by atoms with Gasteiger partial charge in [0, 0.05) is 20.1 Å². The lowest BCUT2D eigenvalue weighted by Gasteiger charge is -2.34. The van der Waals surface area contributed by atoms with Crippen molar-refractivity contribution in [1.29, 1.82) is 0 Å². The van der Waals surface area contributed by atoms with Crippen molar-refractivity contribution in [2.45, 2.75) is 44.3 Å². The molecule has 0 aliphatic heterocycles. The Morgan fingerprint density at radius 1 is 1.27 bits per heavy atom. The molecule has 9 heteroatoms. The third kappa shape index (κ3) is 3.44. The van der Waals surface area contributed by atoms with Gasteiger partial charge < -0.3 is 10.3 Å². The van der Waals surface area contributed by atoms with Crippen molar-refractivity contribution in [3.8, 4) is 0 Å². The van der Waals surface area contributed by atoms with E-state index >= 15 is 0 Å². The van der Waals surface area contributed by atoms with Crippen LogP contribution in [0.5, 0.6) is 0 Å². The zero-order valence-electron chi connectivity index (χ0n) is 15.5. The molecule has 142 valence electrons. The molecule has 3 rings (SSSR count). The van der Waals surface area contributed by atoms with E-state index in [2.05, 4.69) is 29.1 Å². The third-order valence-corrected chi connectivity index (χ3v) is 6.34. The molecule has 1 fully saturated rings. The number of aryl methyl sites for hydroxylation is 1. The summed E-state index contributed by atoms with van der Waals surface area (Å²) < 4.78 is 2.36. The van der Waals surface area contributed by atoms with E-state index in [1.54, 1.807) is 7.05 Å². The van der Waals surface area contributed by atoms with Gasteiger partial charge >= 0.3 is 5.69 Å². The Morgan fingerprint density at radius 2 is 2.00 bits per heavy atom. The monoisotopic (exact) mass is 379 g/mol. The van der Waals surface area contributed by atoms with Gasteiger partial charge in [-0.2, -0.15) is 0 Å². The summed E-state index contributed by atoms with van der Waals surface area (Å²) in [5, 5.41) is 3.58. The number of rotatable bonds is 4. The summed E-state index contributed by atoms with van der Waals surface area (Å²) in [5.41, 5.74) is -0.274. The van der Waals surface area contributed by atoms with E-state index in [1.807, 2.05) is 0 Å². The second kappa shape index (κ2) is 7.30. The number of imidazole rings is 1. The molecule has 2 aromatic rings. The van der Waals surface area contributed by atoms with Crippen molar-refractivity contribution < 1.29 is 4.79 Å². The van der Waals surface area contributed by atoms with Gasteiger partial charge in [0.1, 0.15) is 0 Å². The Bertz CT molecular complexity index is 944. The molecule has 3 unspecified atom stereocenters. The first-order valence-corrected chi connectivity index (χ1v) is 9.86. The number of nitrogens with zero attached hydrogens (tertiary/aromatic N) is 3. The number of carbonyl (C=O) groups excluding carboxylic acids is 1. The molecule has 0 spiro atoms. The normalized spacial score (nSPS) is 23.3. The predicted octanol–water partition coefficient (Wildman–Crippen LogP) is 0.993. The average molecular weight is 379 g/mol. The third-order valence-electron chi connectivity index (χ3n) is 5.47. The summed E-state index contributed by atoms with van der Waals surface area (Å²) in [6.45, 7) is 4.42. The summed E-state index contributed by atoms with van der Waals surface area (Å²) in [5.74, 6) is 1.27. The standard InChI is InChI=1S/C17H25N5O3S/c1-9-6-5-7-11(10(9)2)18-12(23)8-26-16-19-13-14(20-16)21(3)17(25)22(4)15(13)24/h9-11H,5-8H2,1-4H3,(H,18,23)(H,19,20). The van der Waals surface area contributed by atoms with Crippen LogP contribution in [0.15, 0.2) is 14.7 Å². The van der Waals surface area contributed by atoms with Crippen molar-refractivity contribution in [3.63, 3.8) is 0 Å². The lowest BCUT2D eigenvalue weighted by molar-refractivity contribution is -0.120. The maximum Gasteiger partial charge on any atom is 0.332 e. The Morgan fingerprint density at radius 3 is 2.73 bits per heavy atom. The van der Waals surface area contributed by atoms with Crippen LogP contribution in [-0.4, -0.2) is 36.8 Å². The van der Waals surface area contributed by atoms with Gasteiger partial charge in [0.05, 0.1) is 5.75 Å². The molecule has 1 aliphatic rings. The molecule has 0 aromatic carbocycles. The van der Waals surface area contributed by atoms with Crippen LogP contribution in [0.25, 0.3) is 11.2 Å². The van der Waals surface area contributed by atoms with E-state index in [1.165, 1.54) is 29.8 Å². The lowest BCUT2D eigenvalue weighted by atomic mass is 9.78. The summed E-state index contributed by atoms with van der Waals surface area (Å²) >= 11 is 1.23. The Labute approximate surface area is 155 Å². The van der Waals surface area contributed by atoms with Crippen molar-refractivity contribution in [1.82, 2.24) is 24.4 Å². The highest BCUT2D eigenvalue weighted by atomic mass is 32.2. The van der Waals surface area contributed by atoms with Crippen LogP contribution >= 0.6 is 11.8 Å². The molecule has 8 nitrogen and oxygen atoms in total. The van der Waals surface area contributed by atoms with E-state index < -0.39 is 11.2 Å². The quantitative estimate of drug-likeness (QED) is 0.772. The number of H-pyrrole nitrogens is 1. The number of aromatic amines is 1. The van der Waals surface area contributed by atoms with Crippen LogP contribution in [0.3, 0.4) is 0 Å². The number of nitrogens with one attached hydrogen (secondary N) is 2. The molecule has 0 bridgehead atoms. The fourth-order valence-corrected chi connectivity index (χ4v) is 4.22. The summed E-state index contributed by atoms with van der Waals surface area (Å²) in [6.07, 6.45) is 3.38. The summed E-state index contributed by atoms with van der Waals surface area (Å²) in [6, 6.07) is 0.218. The van der Waals surface area contributed by atoms with Gasteiger partial charge in [-0.05, 0) is 18.3 Å². The van der Waals surface area contributed by atoms with E-state index in [0.29, 0.717) is 22.6 Å². The molecule has 0 saturated heterocycles. The van der Waals surface area contributed by atoms with Crippen molar-refractivity contribution >= 4 is 28.8 Å². The van der Waals surface area contributed by atoms with E-state index in [9.17, 15) is 14.4 Å².